The zero-order valence-electron chi connectivity index (χ0n) is 26.6. The quantitative estimate of drug-likeness (QED) is 0.181. The molecule has 0 aliphatic heterocycles. The van der Waals surface area contributed by atoms with E-state index >= 15 is 0 Å². The Hall–Kier alpha value is -6.16. The Kier molecular flexibility index (Phi) is 6.39. The lowest BCUT2D eigenvalue weighted by atomic mass is 10.0. The van der Waals surface area contributed by atoms with E-state index in [4.69, 9.17) is 0 Å². The smallest absolute Gasteiger partial charge is 0.0541 e. The number of para-hydroxylation sites is 2. The van der Waals surface area contributed by atoms with Gasteiger partial charge in [0.2, 0.25) is 0 Å². The van der Waals surface area contributed by atoms with Crippen LogP contribution in [-0.4, -0.2) is 4.57 Å². The molecule has 0 bridgehead atoms. The molecule has 10 rings (SSSR count). The summed E-state index contributed by atoms with van der Waals surface area (Å²) in [5.41, 5.74) is 9.37. The standard InChI is InChI=1S/C46H30N2S/c1-2-10-31(11-3-1)32-18-21-34(22-19-32)47(37-27-29-41-42-28-20-33-12-4-5-13-38(33)46(42)49-45(41)30-37)35-23-25-36(26-24-35)48-43-16-8-6-14-39(43)40-15-7-9-17-44(40)48/h1-30H. The molecule has 0 atom stereocenters. The van der Waals surface area contributed by atoms with Gasteiger partial charge in [-0.3, -0.25) is 0 Å². The average Bonchev–Trinajstić information content (AvgIpc) is 3.72. The van der Waals surface area contributed by atoms with Crippen molar-refractivity contribution in [3.05, 3.63) is 182 Å². The highest BCUT2D eigenvalue weighted by Gasteiger charge is 2.17. The van der Waals surface area contributed by atoms with Gasteiger partial charge in [0.05, 0.1) is 11.0 Å². The minimum atomic E-state index is 1.11. The Morgan fingerprint density at radius 2 is 0.939 bits per heavy atom. The van der Waals surface area contributed by atoms with E-state index in [1.807, 2.05) is 11.3 Å². The molecule has 2 aromatic heterocycles. The first-order valence-corrected chi connectivity index (χ1v) is 17.5. The second-order valence-electron chi connectivity index (χ2n) is 12.6. The number of hydrogen-bond donors (Lipinski definition) is 0. The molecule has 230 valence electrons. The highest BCUT2D eigenvalue weighted by atomic mass is 32.1. The zero-order valence-corrected chi connectivity index (χ0v) is 27.4. The van der Waals surface area contributed by atoms with Crippen molar-refractivity contribution in [3.63, 3.8) is 0 Å². The highest BCUT2D eigenvalue weighted by Crippen LogP contribution is 2.43. The molecule has 0 saturated heterocycles. The van der Waals surface area contributed by atoms with Crippen LogP contribution in [0.5, 0.6) is 0 Å². The summed E-state index contributed by atoms with van der Waals surface area (Å²) in [5.74, 6) is 0. The molecule has 0 spiro atoms. The summed E-state index contributed by atoms with van der Waals surface area (Å²) in [6, 6.07) is 66.1. The topological polar surface area (TPSA) is 8.17 Å². The second kappa shape index (κ2) is 11.2. The number of fused-ring (bicyclic) bond motifs is 8. The molecule has 0 unspecified atom stereocenters. The first-order valence-electron chi connectivity index (χ1n) is 16.7. The molecule has 2 heterocycles. The average molecular weight is 643 g/mol. The SMILES string of the molecule is c1ccc(-c2ccc(N(c3ccc(-n4c5ccccc5c5ccccc54)cc3)c3ccc4c(c3)sc3c5ccccc5ccc43)cc2)cc1. The summed E-state index contributed by atoms with van der Waals surface area (Å²) in [6.07, 6.45) is 0. The van der Waals surface area contributed by atoms with E-state index in [-0.39, 0.29) is 0 Å². The predicted octanol–water partition coefficient (Wildman–Crippen LogP) is 13.4. The van der Waals surface area contributed by atoms with Gasteiger partial charge < -0.3 is 9.47 Å². The van der Waals surface area contributed by atoms with Crippen LogP contribution in [0.2, 0.25) is 0 Å². The molecule has 0 fully saturated rings. The van der Waals surface area contributed by atoms with Gasteiger partial charge in [-0.15, -0.1) is 11.3 Å². The molecule has 0 saturated carbocycles. The summed E-state index contributed by atoms with van der Waals surface area (Å²) in [7, 11) is 0. The third-order valence-corrected chi connectivity index (χ3v) is 11.0. The van der Waals surface area contributed by atoms with Gasteiger partial charge in [0.15, 0.2) is 0 Å². The van der Waals surface area contributed by atoms with Crippen LogP contribution in [0.15, 0.2) is 182 Å². The fraction of sp³-hybridized carbons (Fsp3) is 0. The van der Waals surface area contributed by atoms with Crippen LogP contribution in [0.3, 0.4) is 0 Å². The van der Waals surface area contributed by atoms with Gasteiger partial charge in [-0.05, 0) is 82.6 Å². The number of hydrogen-bond acceptors (Lipinski definition) is 2. The molecule has 8 aromatic carbocycles. The predicted molar refractivity (Wildman–Crippen MR) is 211 cm³/mol. The van der Waals surface area contributed by atoms with Crippen LogP contribution in [0.25, 0.3) is 69.6 Å². The van der Waals surface area contributed by atoms with Crippen LogP contribution in [-0.2, 0) is 0 Å². The van der Waals surface area contributed by atoms with Crippen molar-refractivity contribution in [2.45, 2.75) is 0 Å². The Morgan fingerprint density at radius 1 is 0.388 bits per heavy atom. The van der Waals surface area contributed by atoms with E-state index in [0.717, 1.165) is 22.7 Å². The lowest BCUT2D eigenvalue weighted by Crippen LogP contribution is -2.10. The van der Waals surface area contributed by atoms with Crippen LogP contribution in [0.4, 0.5) is 17.1 Å². The number of nitrogens with zero attached hydrogens (tertiary/aromatic N) is 2. The molecule has 0 aliphatic rings. The van der Waals surface area contributed by atoms with Crippen LogP contribution in [0, 0.1) is 0 Å². The summed E-state index contributed by atoms with van der Waals surface area (Å²) >= 11 is 1.89. The van der Waals surface area contributed by atoms with E-state index in [1.54, 1.807) is 0 Å². The lowest BCUT2D eigenvalue weighted by molar-refractivity contribution is 1.17. The first-order chi connectivity index (χ1) is 24.3. The number of aromatic nitrogens is 1. The Balaban J connectivity index is 1.13. The molecule has 3 heteroatoms. The number of thiophene rings is 1. The van der Waals surface area contributed by atoms with E-state index < -0.39 is 0 Å². The van der Waals surface area contributed by atoms with E-state index in [1.165, 1.54) is 63.9 Å². The first kappa shape index (κ1) is 27.9. The third-order valence-electron chi connectivity index (χ3n) is 9.78. The molecule has 10 aromatic rings. The van der Waals surface area contributed by atoms with Crippen molar-refractivity contribution in [2.24, 2.45) is 0 Å². The minimum Gasteiger partial charge on any atom is -0.310 e. The van der Waals surface area contributed by atoms with Gasteiger partial charge >= 0.3 is 0 Å². The van der Waals surface area contributed by atoms with Crippen molar-refractivity contribution in [3.8, 4) is 16.8 Å². The zero-order chi connectivity index (χ0) is 32.3. The summed E-state index contributed by atoms with van der Waals surface area (Å²) in [5, 5.41) is 7.76. The van der Waals surface area contributed by atoms with Crippen molar-refractivity contribution in [1.29, 1.82) is 0 Å². The molecular weight excluding hydrogens is 613 g/mol. The van der Waals surface area contributed by atoms with Crippen LogP contribution < -0.4 is 4.90 Å². The maximum absolute atomic E-state index is 2.38. The lowest BCUT2D eigenvalue weighted by Gasteiger charge is -2.26. The fourth-order valence-corrected chi connectivity index (χ4v) is 8.74. The van der Waals surface area contributed by atoms with Crippen LogP contribution >= 0.6 is 11.3 Å². The van der Waals surface area contributed by atoms with Gasteiger partial charge in [-0.1, -0.05) is 121 Å². The molecule has 49 heavy (non-hydrogen) atoms. The summed E-state index contributed by atoms with van der Waals surface area (Å²) in [4.78, 5) is 2.38. The molecule has 0 radical (unpaired) electrons. The summed E-state index contributed by atoms with van der Waals surface area (Å²) in [6.45, 7) is 0. The Labute approximate surface area is 288 Å². The molecule has 0 N–H and O–H groups in total. The fourth-order valence-electron chi connectivity index (χ4n) is 7.46. The van der Waals surface area contributed by atoms with Crippen molar-refractivity contribution < 1.29 is 0 Å². The van der Waals surface area contributed by atoms with Gasteiger partial charge in [-0.2, -0.15) is 0 Å². The van der Waals surface area contributed by atoms with Gasteiger partial charge in [-0.25, -0.2) is 0 Å². The monoisotopic (exact) mass is 642 g/mol. The Bertz CT molecular complexity index is 2750. The number of rotatable bonds is 5. The van der Waals surface area contributed by atoms with Crippen molar-refractivity contribution >= 4 is 81.1 Å². The Morgan fingerprint density at radius 3 is 1.65 bits per heavy atom. The molecule has 0 aliphatic carbocycles. The molecule has 0 amide bonds. The number of anilines is 3. The minimum absolute atomic E-state index is 1.11. The number of benzene rings is 8. The normalized spacial score (nSPS) is 11.7. The van der Waals surface area contributed by atoms with E-state index in [0.29, 0.717) is 0 Å². The third kappa shape index (κ3) is 4.55. The summed E-state index contributed by atoms with van der Waals surface area (Å²) < 4.78 is 5.01. The second-order valence-corrected chi connectivity index (χ2v) is 13.6. The van der Waals surface area contributed by atoms with Gasteiger partial charge in [0.25, 0.3) is 0 Å². The van der Waals surface area contributed by atoms with E-state index in [2.05, 4.69) is 191 Å². The van der Waals surface area contributed by atoms with E-state index in [9.17, 15) is 0 Å². The highest BCUT2D eigenvalue weighted by molar-refractivity contribution is 7.26. The largest absolute Gasteiger partial charge is 0.310 e. The molecular formula is C46H30N2S. The maximum Gasteiger partial charge on any atom is 0.0541 e. The van der Waals surface area contributed by atoms with Crippen molar-refractivity contribution in [2.75, 3.05) is 4.90 Å². The maximum atomic E-state index is 2.38. The van der Waals surface area contributed by atoms with Gasteiger partial charge in [0, 0.05) is 53.7 Å². The van der Waals surface area contributed by atoms with Gasteiger partial charge in [0.1, 0.15) is 0 Å². The van der Waals surface area contributed by atoms with Crippen molar-refractivity contribution in [1.82, 2.24) is 4.57 Å². The van der Waals surface area contributed by atoms with Crippen LogP contribution in [0.1, 0.15) is 0 Å². The molecule has 2 nitrogen and oxygen atoms in total.